The lowest BCUT2D eigenvalue weighted by atomic mass is 9.95. The molecule has 0 aliphatic carbocycles. The van der Waals surface area contributed by atoms with Crippen LogP contribution in [0.1, 0.15) is 0 Å². The van der Waals surface area contributed by atoms with Crippen molar-refractivity contribution in [3.05, 3.63) is 243 Å². The van der Waals surface area contributed by atoms with Crippen molar-refractivity contribution in [3.63, 3.8) is 0 Å². The molecule has 0 spiro atoms. The molecule has 0 unspecified atom stereocenters. The summed E-state index contributed by atoms with van der Waals surface area (Å²) in [6.45, 7) is 0. The Morgan fingerprint density at radius 2 is 0.507 bits per heavy atom. The second-order valence-corrected chi connectivity index (χ2v) is 19.1. The van der Waals surface area contributed by atoms with Crippen LogP contribution in [0.4, 0.5) is 0 Å². The second kappa shape index (κ2) is 15.3. The molecule has 12 aromatic carbocycles. The van der Waals surface area contributed by atoms with Gasteiger partial charge in [-0.3, -0.25) is 4.57 Å². The summed E-state index contributed by atoms with van der Waals surface area (Å²) in [6.07, 6.45) is 0. The molecule has 0 aliphatic heterocycles. The van der Waals surface area contributed by atoms with Gasteiger partial charge in [-0.15, -0.1) is 0 Å². The number of benzene rings is 12. The van der Waals surface area contributed by atoms with Gasteiger partial charge in [-0.1, -0.05) is 170 Å². The largest absolute Gasteiger partial charge is 0.309 e. The Hall–Kier alpha value is -9.91. The maximum atomic E-state index is 5.67. The van der Waals surface area contributed by atoms with E-state index in [4.69, 9.17) is 15.0 Å². The van der Waals surface area contributed by atoms with Crippen molar-refractivity contribution < 1.29 is 0 Å². The Bertz CT molecular complexity index is 4470. The van der Waals surface area contributed by atoms with Gasteiger partial charge >= 0.3 is 0 Å². The first-order valence-corrected chi connectivity index (χ1v) is 24.9. The third-order valence-corrected chi connectivity index (χ3v) is 15.2. The SMILES string of the molecule is c1ccc2c(-c3nc(-c4c5ccccc5cc5ccccc45)nc(-n4c5ccc(-n6c7ccccc7c7ccccc76)cc5c5cc(-n6c7ccccc7c7ccccc76)ccc54)n3)c3ccccc3cc2c1. The van der Waals surface area contributed by atoms with Crippen molar-refractivity contribution in [2.45, 2.75) is 0 Å². The van der Waals surface area contributed by atoms with E-state index >= 15 is 0 Å². The van der Waals surface area contributed by atoms with E-state index in [-0.39, 0.29) is 0 Å². The van der Waals surface area contributed by atoms with Crippen LogP contribution in [0.15, 0.2) is 243 Å². The van der Waals surface area contributed by atoms with Crippen molar-refractivity contribution in [2.75, 3.05) is 0 Å². The molecular weight excluding hydrogens is 889 g/mol. The minimum absolute atomic E-state index is 0.545. The van der Waals surface area contributed by atoms with E-state index in [2.05, 4.69) is 256 Å². The normalized spacial score (nSPS) is 12.1. The minimum Gasteiger partial charge on any atom is -0.309 e. The van der Waals surface area contributed by atoms with E-state index in [9.17, 15) is 0 Å². The molecule has 0 saturated carbocycles. The topological polar surface area (TPSA) is 53.5 Å². The predicted octanol–water partition coefficient (Wildman–Crippen LogP) is 17.1. The standard InChI is InChI=1S/C67H40N6/c1-5-21-47-41(17-1)37-42-18-2-6-22-48(42)63(47)65-68-66(64-49-23-7-3-19-43(49)38-44-20-4-8-24-50(44)64)70-67(69-65)73-61-35-33-45(71-57-29-13-9-25-51(57)52-26-10-14-30-58(52)71)39-55(61)56-40-46(34-36-62(56)73)72-59-31-15-11-27-53(59)54-28-12-16-32-60(54)72/h1-40H. The summed E-state index contributed by atoms with van der Waals surface area (Å²) >= 11 is 0. The van der Waals surface area contributed by atoms with Crippen LogP contribution >= 0.6 is 0 Å². The van der Waals surface area contributed by atoms with E-state index in [0.717, 1.165) is 109 Å². The fourth-order valence-corrected chi connectivity index (χ4v) is 12.1. The van der Waals surface area contributed by atoms with Gasteiger partial charge in [0, 0.05) is 54.8 Å². The molecule has 0 radical (unpaired) electrons. The van der Waals surface area contributed by atoms with E-state index in [1.807, 2.05) is 0 Å². The molecule has 0 amide bonds. The molecule has 6 heteroatoms. The number of rotatable bonds is 5. The van der Waals surface area contributed by atoms with Gasteiger partial charge in [-0.2, -0.15) is 9.97 Å². The first kappa shape index (κ1) is 39.9. The molecule has 4 aromatic heterocycles. The molecule has 0 fully saturated rings. The third kappa shape index (κ3) is 5.83. The molecule has 0 aliphatic rings. The van der Waals surface area contributed by atoms with E-state index < -0.39 is 0 Å². The summed E-state index contributed by atoms with van der Waals surface area (Å²) in [4.78, 5) is 17.0. The van der Waals surface area contributed by atoms with Gasteiger partial charge in [-0.25, -0.2) is 4.98 Å². The maximum absolute atomic E-state index is 5.67. The molecule has 0 N–H and O–H groups in total. The number of hydrogen-bond acceptors (Lipinski definition) is 3. The minimum atomic E-state index is 0.545. The zero-order chi connectivity index (χ0) is 47.7. The summed E-state index contributed by atoms with van der Waals surface area (Å²) in [6, 6.07) is 87.5. The Morgan fingerprint density at radius 1 is 0.219 bits per heavy atom. The number of para-hydroxylation sites is 4. The molecule has 73 heavy (non-hydrogen) atoms. The van der Waals surface area contributed by atoms with Crippen molar-refractivity contribution in [1.29, 1.82) is 0 Å². The van der Waals surface area contributed by atoms with Gasteiger partial charge in [0.25, 0.3) is 0 Å². The quantitative estimate of drug-likeness (QED) is 0.162. The highest BCUT2D eigenvalue weighted by Gasteiger charge is 2.24. The lowest BCUT2D eigenvalue weighted by molar-refractivity contribution is 0.956. The molecular formula is C67H40N6. The Morgan fingerprint density at radius 3 is 0.849 bits per heavy atom. The van der Waals surface area contributed by atoms with Crippen LogP contribution in [0.25, 0.3) is 149 Å². The highest BCUT2D eigenvalue weighted by molar-refractivity contribution is 6.16. The zero-order valence-corrected chi connectivity index (χ0v) is 39.3. The summed E-state index contributed by atoms with van der Waals surface area (Å²) in [5.41, 5.74) is 10.7. The molecule has 16 aromatic rings. The first-order valence-electron chi connectivity index (χ1n) is 24.9. The average molecular weight is 929 g/mol. The van der Waals surface area contributed by atoms with Gasteiger partial charge in [0.1, 0.15) is 0 Å². The van der Waals surface area contributed by atoms with Gasteiger partial charge in [0.05, 0.1) is 33.1 Å². The van der Waals surface area contributed by atoms with Crippen LogP contribution in [0, 0.1) is 0 Å². The van der Waals surface area contributed by atoms with Gasteiger partial charge in [-0.05, 0) is 116 Å². The van der Waals surface area contributed by atoms with Crippen LogP contribution in [-0.4, -0.2) is 28.7 Å². The number of fused-ring (bicyclic) bond motifs is 13. The molecule has 338 valence electrons. The molecule has 0 saturated heterocycles. The van der Waals surface area contributed by atoms with E-state index in [1.165, 1.54) is 21.5 Å². The van der Waals surface area contributed by atoms with E-state index in [1.54, 1.807) is 0 Å². The summed E-state index contributed by atoms with van der Waals surface area (Å²) in [5, 5.41) is 15.9. The smallest absolute Gasteiger partial charge is 0.238 e. The number of aromatic nitrogens is 6. The summed E-state index contributed by atoms with van der Waals surface area (Å²) in [5.74, 6) is 1.77. The molecule has 0 atom stereocenters. The Kier molecular flexibility index (Phi) is 8.36. The van der Waals surface area contributed by atoms with E-state index in [0.29, 0.717) is 17.6 Å². The Balaban J connectivity index is 1.05. The molecule has 4 heterocycles. The monoisotopic (exact) mass is 928 g/mol. The molecule has 0 bridgehead atoms. The van der Waals surface area contributed by atoms with Crippen molar-refractivity contribution >= 4 is 109 Å². The Labute approximate surface area is 417 Å². The van der Waals surface area contributed by atoms with Crippen molar-refractivity contribution in [1.82, 2.24) is 28.7 Å². The number of nitrogens with zero attached hydrogens (tertiary/aromatic N) is 6. The lowest BCUT2D eigenvalue weighted by Gasteiger charge is -2.16. The lowest BCUT2D eigenvalue weighted by Crippen LogP contribution is -2.07. The van der Waals surface area contributed by atoms with Gasteiger partial charge < -0.3 is 9.13 Å². The van der Waals surface area contributed by atoms with Crippen LogP contribution in [0.2, 0.25) is 0 Å². The van der Waals surface area contributed by atoms with Gasteiger partial charge in [0.15, 0.2) is 11.6 Å². The van der Waals surface area contributed by atoms with Crippen LogP contribution in [-0.2, 0) is 0 Å². The third-order valence-electron chi connectivity index (χ3n) is 15.2. The fourth-order valence-electron chi connectivity index (χ4n) is 12.1. The molecule has 6 nitrogen and oxygen atoms in total. The molecule has 16 rings (SSSR count). The summed E-state index contributed by atoms with van der Waals surface area (Å²) < 4.78 is 7.08. The zero-order valence-electron chi connectivity index (χ0n) is 39.3. The highest BCUT2D eigenvalue weighted by Crippen LogP contribution is 2.43. The predicted molar refractivity (Wildman–Crippen MR) is 304 cm³/mol. The highest BCUT2D eigenvalue weighted by atomic mass is 15.2. The number of hydrogen-bond donors (Lipinski definition) is 0. The van der Waals surface area contributed by atoms with Gasteiger partial charge in [0.2, 0.25) is 5.95 Å². The maximum Gasteiger partial charge on any atom is 0.238 e. The van der Waals surface area contributed by atoms with Crippen molar-refractivity contribution in [3.8, 4) is 40.1 Å². The summed E-state index contributed by atoms with van der Waals surface area (Å²) in [7, 11) is 0. The average Bonchev–Trinajstić information content (AvgIpc) is 4.09. The van der Waals surface area contributed by atoms with Crippen LogP contribution < -0.4 is 0 Å². The fraction of sp³-hybridized carbons (Fsp3) is 0. The van der Waals surface area contributed by atoms with Crippen LogP contribution in [0.3, 0.4) is 0 Å². The van der Waals surface area contributed by atoms with Crippen LogP contribution in [0.5, 0.6) is 0 Å². The second-order valence-electron chi connectivity index (χ2n) is 19.1. The van der Waals surface area contributed by atoms with Crippen molar-refractivity contribution in [2.24, 2.45) is 0 Å². The first-order chi connectivity index (χ1) is 36.2.